The van der Waals surface area contributed by atoms with Gasteiger partial charge in [-0.25, -0.2) is 4.79 Å². The highest BCUT2D eigenvalue weighted by Gasteiger charge is 2.47. The summed E-state index contributed by atoms with van der Waals surface area (Å²) in [7, 11) is 1.58. The van der Waals surface area contributed by atoms with Gasteiger partial charge in [-0.05, 0) is 20.8 Å². The second-order valence-corrected chi connectivity index (χ2v) is 6.11. The van der Waals surface area contributed by atoms with E-state index in [4.69, 9.17) is 14.6 Å². The van der Waals surface area contributed by atoms with Crippen molar-refractivity contribution in [1.82, 2.24) is 10.2 Å². The van der Waals surface area contributed by atoms with Gasteiger partial charge >= 0.3 is 12.1 Å². The number of carbonyl (C=O) groups is 2. The van der Waals surface area contributed by atoms with Gasteiger partial charge in [0.15, 0.2) is 0 Å². The molecule has 0 atom stereocenters. The third kappa shape index (κ3) is 4.97. The van der Waals surface area contributed by atoms with Crippen LogP contribution in [0.25, 0.3) is 0 Å². The predicted octanol–water partition coefficient (Wildman–Crippen LogP) is 0.687. The summed E-state index contributed by atoms with van der Waals surface area (Å²) in [6, 6.07) is 0. The van der Waals surface area contributed by atoms with Gasteiger partial charge in [0.25, 0.3) is 0 Å². The van der Waals surface area contributed by atoms with Crippen LogP contribution < -0.4 is 5.32 Å². The molecule has 1 amide bonds. The number of carboxylic acid groups (broad SMARTS) is 1. The zero-order valence-corrected chi connectivity index (χ0v) is 12.6. The molecule has 0 aromatic heterocycles. The summed E-state index contributed by atoms with van der Waals surface area (Å²) in [5.74, 6) is -0.890. The van der Waals surface area contributed by atoms with E-state index in [1.807, 2.05) is 0 Å². The standard InChI is InChI=1S/C13H24N2O5/c1-12(2,3)20-11(18)15-8-13(9-15,7-10(16)17)14-5-6-19-4/h14H,5-9H2,1-4H3,(H,16,17). The van der Waals surface area contributed by atoms with E-state index in [2.05, 4.69) is 5.32 Å². The van der Waals surface area contributed by atoms with Crippen LogP contribution in [-0.2, 0) is 14.3 Å². The fourth-order valence-electron chi connectivity index (χ4n) is 2.13. The van der Waals surface area contributed by atoms with Gasteiger partial charge in [0.1, 0.15) is 5.60 Å². The lowest BCUT2D eigenvalue weighted by Gasteiger charge is -2.49. The van der Waals surface area contributed by atoms with E-state index >= 15 is 0 Å². The molecule has 0 unspecified atom stereocenters. The summed E-state index contributed by atoms with van der Waals surface area (Å²) < 4.78 is 10.2. The first-order chi connectivity index (χ1) is 9.17. The Morgan fingerprint density at radius 1 is 1.35 bits per heavy atom. The maximum Gasteiger partial charge on any atom is 0.410 e. The first-order valence-corrected chi connectivity index (χ1v) is 6.61. The van der Waals surface area contributed by atoms with Crippen LogP contribution in [0.1, 0.15) is 27.2 Å². The highest BCUT2D eigenvalue weighted by molar-refractivity contribution is 5.73. The molecule has 0 saturated carbocycles. The Bertz CT molecular complexity index is 358. The zero-order chi connectivity index (χ0) is 15.4. The fourth-order valence-corrected chi connectivity index (χ4v) is 2.13. The molecule has 1 rings (SSSR count). The molecule has 0 aliphatic carbocycles. The number of aliphatic carboxylic acids is 1. The van der Waals surface area contributed by atoms with Gasteiger partial charge in [-0.1, -0.05) is 0 Å². The van der Waals surface area contributed by atoms with Crippen LogP contribution in [0.15, 0.2) is 0 Å². The lowest BCUT2D eigenvalue weighted by molar-refractivity contribution is -0.141. The third-order valence-corrected chi connectivity index (χ3v) is 2.93. The van der Waals surface area contributed by atoms with Crippen LogP contribution in [0.2, 0.25) is 0 Å². The van der Waals surface area contributed by atoms with Crippen molar-refractivity contribution in [3.8, 4) is 0 Å². The van der Waals surface area contributed by atoms with Crippen LogP contribution in [0.3, 0.4) is 0 Å². The lowest BCUT2D eigenvalue weighted by Crippen LogP contribution is -2.71. The van der Waals surface area contributed by atoms with E-state index in [0.29, 0.717) is 26.2 Å². The van der Waals surface area contributed by atoms with Crippen molar-refractivity contribution < 1.29 is 24.2 Å². The summed E-state index contributed by atoms with van der Waals surface area (Å²) in [5, 5.41) is 12.1. The Labute approximate surface area is 119 Å². The third-order valence-electron chi connectivity index (χ3n) is 2.93. The molecule has 1 heterocycles. The van der Waals surface area contributed by atoms with Crippen molar-refractivity contribution in [3.05, 3.63) is 0 Å². The summed E-state index contributed by atoms with van der Waals surface area (Å²) in [6.07, 6.45) is -0.442. The van der Waals surface area contributed by atoms with Crippen molar-refractivity contribution in [2.45, 2.75) is 38.3 Å². The Balaban J connectivity index is 2.52. The number of methoxy groups -OCH3 is 1. The molecule has 1 aliphatic heterocycles. The quantitative estimate of drug-likeness (QED) is 0.699. The summed E-state index contributed by atoms with van der Waals surface area (Å²) in [6.45, 7) is 7.10. The number of nitrogens with one attached hydrogen (secondary N) is 1. The number of carbonyl (C=O) groups excluding carboxylic acids is 1. The number of carboxylic acids is 1. The van der Waals surface area contributed by atoms with Gasteiger partial charge in [-0.2, -0.15) is 0 Å². The number of hydrogen-bond acceptors (Lipinski definition) is 5. The van der Waals surface area contributed by atoms with Gasteiger partial charge in [-0.15, -0.1) is 0 Å². The first kappa shape index (κ1) is 16.7. The molecular formula is C13H24N2O5. The Morgan fingerprint density at radius 2 is 1.95 bits per heavy atom. The van der Waals surface area contributed by atoms with Crippen LogP contribution >= 0.6 is 0 Å². The van der Waals surface area contributed by atoms with Gasteiger partial charge in [-0.3, -0.25) is 4.79 Å². The predicted molar refractivity (Wildman–Crippen MR) is 72.7 cm³/mol. The highest BCUT2D eigenvalue weighted by atomic mass is 16.6. The molecule has 20 heavy (non-hydrogen) atoms. The van der Waals surface area contributed by atoms with E-state index in [0.717, 1.165) is 0 Å². The van der Waals surface area contributed by atoms with Crippen LogP contribution in [0, 0.1) is 0 Å². The minimum Gasteiger partial charge on any atom is -0.481 e. The van der Waals surface area contributed by atoms with E-state index in [-0.39, 0.29) is 6.42 Å². The normalized spacial score (nSPS) is 17.5. The van der Waals surface area contributed by atoms with E-state index < -0.39 is 23.2 Å². The summed E-state index contributed by atoms with van der Waals surface area (Å²) in [4.78, 5) is 24.3. The maximum atomic E-state index is 11.8. The molecule has 0 aromatic carbocycles. The Morgan fingerprint density at radius 3 is 2.40 bits per heavy atom. The molecule has 116 valence electrons. The van der Waals surface area contributed by atoms with Crippen LogP contribution in [-0.4, -0.2) is 66.6 Å². The Kier molecular flexibility index (Phi) is 5.35. The minimum absolute atomic E-state index is 0.0317. The number of rotatable bonds is 6. The monoisotopic (exact) mass is 288 g/mol. The molecule has 0 bridgehead atoms. The van der Waals surface area contributed by atoms with Crippen molar-refractivity contribution in [2.24, 2.45) is 0 Å². The number of amides is 1. The number of hydrogen-bond donors (Lipinski definition) is 2. The van der Waals surface area contributed by atoms with E-state index in [9.17, 15) is 9.59 Å². The number of nitrogens with zero attached hydrogens (tertiary/aromatic N) is 1. The zero-order valence-electron chi connectivity index (χ0n) is 12.6. The molecule has 1 aliphatic rings. The van der Waals surface area contributed by atoms with Gasteiger partial charge in [0.05, 0.1) is 18.6 Å². The van der Waals surface area contributed by atoms with Crippen molar-refractivity contribution in [2.75, 3.05) is 33.4 Å². The smallest absolute Gasteiger partial charge is 0.410 e. The Hall–Kier alpha value is -1.34. The SMILES string of the molecule is COCCNC1(CC(=O)O)CN(C(=O)OC(C)(C)C)C1. The lowest BCUT2D eigenvalue weighted by atomic mass is 9.86. The highest BCUT2D eigenvalue weighted by Crippen LogP contribution is 2.26. The average molecular weight is 288 g/mol. The van der Waals surface area contributed by atoms with Crippen LogP contribution in [0.4, 0.5) is 4.79 Å². The summed E-state index contributed by atoms with van der Waals surface area (Å²) >= 11 is 0. The van der Waals surface area contributed by atoms with Crippen molar-refractivity contribution >= 4 is 12.1 Å². The van der Waals surface area contributed by atoms with E-state index in [1.165, 1.54) is 4.90 Å². The molecule has 2 N–H and O–H groups in total. The van der Waals surface area contributed by atoms with Gasteiger partial charge in [0.2, 0.25) is 0 Å². The largest absolute Gasteiger partial charge is 0.481 e. The molecule has 7 heteroatoms. The second kappa shape index (κ2) is 6.41. The molecule has 1 saturated heterocycles. The van der Waals surface area contributed by atoms with E-state index in [1.54, 1.807) is 27.9 Å². The fraction of sp³-hybridized carbons (Fsp3) is 0.846. The molecule has 0 aromatic rings. The molecular weight excluding hydrogens is 264 g/mol. The van der Waals surface area contributed by atoms with Crippen LogP contribution in [0.5, 0.6) is 0 Å². The number of likely N-dealkylation sites (tertiary alicyclic amines) is 1. The average Bonchev–Trinajstić information content (AvgIpc) is 2.21. The number of ether oxygens (including phenoxy) is 2. The van der Waals surface area contributed by atoms with Gasteiger partial charge < -0.3 is 24.8 Å². The molecule has 0 spiro atoms. The molecule has 7 nitrogen and oxygen atoms in total. The minimum atomic E-state index is -0.890. The van der Waals surface area contributed by atoms with Crippen molar-refractivity contribution in [1.29, 1.82) is 0 Å². The van der Waals surface area contributed by atoms with Crippen molar-refractivity contribution in [3.63, 3.8) is 0 Å². The molecule has 1 fully saturated rings. The molecule has 0 radical (unpaired) electrons. The van der Waals surface area contributed by atoms with Gasteiger partial charge in [0, 0.05) is 26.7 Å². The topological polar surface area (TPSA) is 88.1 Å². The first-order valence-electron chi connectivity index (χ1n) is 6.61. The maximum absolute atomic E-state index is 11.8. The summed E-state index contributed by atoms with van der Waals surface area (Å²) in [5.41, 5.74) is -1.13. The second-order valence-electron chi connectivity index (χ2n) is 6.11.